The van der Waals surface area contributed by atoms with Gasteiger partial charge in [-0.1, -0.05) is 24.1 Å². The molecule has 150 valence electrons. The number of terminal acetylenes is 1. The molecule has 0 atom stereocenters. The summed E-state index contributed by atoms with van der Waals surface area (Å²) in [5, 5.41) is 23.2. The fourth-order valence-corrected chi connectivity index (χ4v) is 2.67. The molecule has 2 aromatic carbocycles. The number of fused-ring (bicyclic) bond motifs is 1. The van der Waals surface area contributed by atoms with Crippen LogP contribution in [0.25, 0.3) is 6.08 Å². The number of carbonyl (C=O) groups is 1. The molecule has 0 aliphatic carbocycles. The zero-order valence-electron chi connectivity index (χ0n) is 15.6. The second-order valence-corrected chi connectivity index (χ2v) is 5.92. The van der Waals surface area contributed by atoms with Gasteiger partial charge in [0.1, 0.15) is 42.9 Å². The van der Waals surface area contributed by atoms with Crippen molar-refractivity contribution in [3.63, 3.8) is 0 Å². The molecule has 0 fully saturated rings. The van der Waals surface area contributed by atoms with Gasteiger partial charge in [0.15, 0.2) is 11.5 Å². The first-order valence-corrected chi connectivity index (χ1v) is 8.70. The van der Waals surface area contributed by atoms with Gasteiger partial charge in [0.25, 0.3) is 11.6 Å². The van der Waals surface area contributed by atoms with Gasteiger partial charge in [0.05, 0.1) is 11.0 Å². The Morgan fingerprint density at radius 1 is 1.30 bits per heavy atom. The van der Waals surface area contributed by atoms with Crippen molar-refractivity contribution < 1.29 is 23.9 Å². The molecule has 30 heavy (non-hydrogen) atoms. The SMILES string of the molecule is C#CCOc1ccccc1C=C(C#N)C(=O)Nc1cc2c(cc1[N+](=O)[O-])OCCO2. The highest BCUT2D eigenvalue weighted by molar-refractivity contribution is 6.10. The third kappa shape index (κ3) is 4.49. The molecule has 0 aromatic heterocycles. The Labute approximate surface area is 171 Å². The lowest BCUT2D eigenvalue weighted by molar-refractivity contribution is -0.384. The first-order valence-electron chi connectivity index (χ1n) is 8.70. The van der Waals surface area contributed by atoms with Crippen LogP contribution in [0.3, 0.4) is 0 Å². The average molecular weight is 405 g/mol. The molecule has 1 aliphatic heterocycles. The number of rotatable bonds is 6. The maximum atomic E-state index is 12.6. The van der Waals surface area contributed by atoms with E-state index in [4.69, 9.17) is 20.6 Å². The first-order chi connectivity index (χ1) is 14.5. The van der Waals surface area contributed by atoms with E-state index in [2.05, 4.69) is 11.2 Å². The normalized spacial score (nSPS) is 12.3. The maximum absolute atomic E-state index is 12.6. The maximum Gasteiger partial charge on any atom is 0.296 e. The molecule has 9 heteroatoms. The first kappa shape index (κ1) is 20.2. The standard InChI is InChI=1S/C21H15N3O6/c1-2-7-28-18-6-4-3-5-14(18)10-15(13-22)21(25)23-16-11-19-20(30-9-8-29-19)12-17(16)24(26)27/h1,3-6,10-12H,7-9H2,(H,23,25). The van der Waals surface area contributed by atoms with Crippen molar-refractivity contribution in [2.45, 2.75) is 0 Å². The predicted octanol–water partition coefficient (Wildman–Crippen LogP) is 2.92. The summed E-state index contributed by atoms with van der Waals surface area (Å²) >= 11 is 0. The van der Waals surface area contributed by atoms with E-state index >= 15 is 0 Å². The van der Waals surface area contributed by atoms with Gasteiger partial charge >= 0.3 is 0 Å². The van der Waals surface area contributed by atoms with Gasteiger partial charge in [0.2, 0.25) is 0 Å². The molecule has 0 radical (unpaired) electrons. The number of carbonyl (C=O) groups excluding carboxylic acids is 1. The van der Waals surface area contributed by atoms with E-state index in [1.165, 1.54) is 18.2 Å². The lowest BCUT2D eigenvalue weighted by atomic mass is 10.1. The molecule has 1 aliphatic rings. The Bertz CT molecular complexity index is 1110. The molecule has 0 bridgehead atoms. The molecular weight excluding hydrogens is 390 g/mol. The van der Waals surface area contributed by atoms with Crippen LogP contribution >= 0.6 is 0 Å². The summed E-state index contributed by atoms with van der Waals surface area (Å²) in [6.45, 7) is 0.552. The summed E-state index contributed by atoms with van der Waals surface area (Å²) in [4.78, 5) is 23.4. The van der Waals surface area contributed by atoms with Crippen LogP contribution in [0.1, 0.15) is 5.56 Å². The molecule has 2 aromatic rings. The van der Waals surface area contributed by atoms with Gasteiger partial charge in [-0.2, -0.15) is 5.26 Å². The Morgan fingerprint density at radius 3 is 2.67 bits per heavy atom. The monoisotopic (exact) mass is 405 g/mol. The Kier molecular flexibility index (Phi) is 6.16. The quantitative estimate of drug-likeness (QED) is 0.258. The van der Waals surface area contributed by atoms with Crippen molar-refractivity contribution in [1.29, 1.82) is 5.26 Å². The second kappa shape index (κ2) is 9.13. The van der Waals surface area contributed by atoms with E-state index in [0.717, 1.165) is 0 Å². The zero-order chi connectivity index (χ0) is 21.5. The molecule has 1 amide bonds. The second-order valence-electron chi connectivity index (χ2n) is 5.92. The molecule has 0 spiro atoms. The fourth-order valence-electron chi connectivity index (χ4n) is 2.67. The number of benzene rings is 2. The lowest BCUT2D eigenvalue weighted by Gasteiger charge is -2.19. The number of hydrogen-bond donors (Lipinski definition) is 1. The molecule has 3 rings (SSSR count). The van der Waals surface area contributed by atoms with Crippen molar-refractivity contribution in [2.24, 2.45) is 0 Å². The van der Waals surface area contributed by atoms with Gasteiger partial charge < -0.3 is 19.5 Å². The van der Waals surface area contributed by atoms with Gasteiger partial charge in [0, 0.05) is 11.6 Å². The minimum Gasteiger partial charge on any atom is -0.486 e. The number of hydrogen-bond acceptors (Lipinski definition) is 7. The third-order valence-electron chi connectivity index (χ3n) is 4.00. The van der Waals surface area contributed by atoms with Gasteiger partial charge in [-0.3, -0.25) is 14.9 Å². The summed E-state index contributed by atoms with van der Waals surface area (Å²) in [5.41, 5.74) is -0.332. The van der Waals surface area contributed by atoms with Crippen LogP contribution in [0, 0.1) is 33.8 Å². The van der Waals surface area contributed by atoms with Gasteiger partial charge in [-0.05, 0) is 12.1 Å². The average Bonchev–Trinajstić information content (AvgIpc) is 2.75. The summed E-state index contributed by atoms with van der Waals surface area (Å²) < 4.78 is 16.1. The van der Waals surface area contributed by atoms with Crippen LogP contribution in [0.4, 0.5) is 11.4 Å². The van der Waals surface area contributed by atoms with Crippen molar-refractivity contribution in [3.05, 3.63) is 57.6 Å². The van der Waals surface area contributed by atoms with Crippen LogP contribution in [-0.4, -0.2) is 30.7 Å². The highest BCUT2D eigenvalue weighted by Crippen LogP contribution is 2.39. The minimum atomic E-state index is -0.830. The van der Waals surface area contributed by atoms with Crippen molar-refractivity contribution >= 4 is 23.4 Å². The van der Waals surface area contributed by atoms with E-state index < -0.39 is 10.8 Å². The van der Waals surface area contributed by atoms with Crippen LogP contribution in [0.2, 0.25) is 0 Å². The number of amides is 1. The number of para-hydroxylation sites is 1. The summed E-state index contributed by atoms with van der Waals surface area (Å²) in [6, 6.07) is 11.0. The highest BCUT2D eigenvalue weighted by atomic mass is 16.6. The van der Waals surface area contributed by atoms with E-state index in [1.807, 2.05) is 0 Å². The summed E-state index contributed by atoms with van der Waals surface area (Å²) in [6.07, 6.45) is 6.50. The topological polar surface area (TPSA) is 124 Å². The molecular formula is C21H15N3O6. The van der Waals surface area contributed by atoms with E-state index in [1.54, 1.807) is 30.3 Å². The molecule has 1 heterocycles. The zero-order valence-corrected chi connectivity index (χ0v) is 15.6. The Balaban J connectivity index is 1.91. The van der Waals surface area contributed by atoms with Crippen LogP contribution in [0.5, 0.6) is 17.2 Å². The number of ether oxygens (including phenoxy) is 3. The minimum absolute atomic E-state index is 0.0162. The van der Waals surface area contributed by atoms with E-state index in [0.29, 0.717) is 11.3 Å². The number of anilines is 1. The van der Waals surface area contributed by atoms with E-state index in [-0.39, 0.29) is 48.3 Å². The van der Waals surface area contributed by atoms with Crippen LogP contribution in [0.15, 0.2) is 42.0 Å². The number of nitro benzene ring substituents is 1. The third-order valence-corrected chi connectivity index (χ3v) is 4.00. The summed E-state index contributed by atoms with van der Waals surface area (Å²) in [5.74, 6) is 2.37. The number of nitriles is 1. The van der Waals surface area contributed by atoms with Gasteiger partial charge in [-0.25, -0.2) is 0 Å². The number of nitro groups is 1. The molecule has 0 saturated heterocycles. The molecule has 9 nitrogen and oxygen atoms in total. The van der Waals surface area contributed by atoms with Gasteiger partial charge in [-0.15, -0.1) is 6.42 Å². The van der Waals surface area contributed by atoms with E-state index in [9.17, 15) is 20.2 Å². The number of nitrogens with zero attached hydrogens (tertiary/aromatic N) is 2. The van der Waals surface area contributed by atoms with Crippen LogP contribution in [-0.2, 0) is 4.79 Å². The largest absolute Gasteiger partial charge is 0.486 e. The lowest BCUT2D eigenvalue weighted by Crippen LogP contribution is -2.18. The highest BCUT2D eigenvalue weighted by Gasteiger charge is 2.24. The summed E-state index contributed by atoms with van der Waals surface area (Å²) in [7, 11) is 0. The smallest absolute Gasteiger partial charge is 0.296 e. The van der Waals surface area contributed by atoms with Crippen molar-refractivity contribution in [1.82, 2.24) is 0 Å². The Morgan fingerprint density at radius 2 is 2.00 bits per heavy atom. The molecule has 0 saturated carbocycles. The van der Waals surface area contributed by atoms with Crippen molar-refractivity contribution in [3.8, 4) is 35.7 Å². The van der Waals surface area contributed by atoms with Crippen molar-refractivity contribution in [2.75, 3.05) is 25.1 Å². The number of nitrogens with one attached hydrogen (secondary N) is 1. The molecule has 0 unspecified atom stereocenters. The van der Waals surface area contributed by atoms with Crippen LogP contribution < -0.4 is 19.5 Å². The predicted molar refractivity (Wildman–Crippen MR) is 107 cm³/mol. The molecule has 1 N–H and O–H groups in total. The fraction of sp³-hybridized carbons (Fsp3) is 0.143. The Hall–Kier alpha value is -4.50.